The molecule has 0 saturated heterocycles. The molecule has 0 bridgehead atoms. The molecule has 16 rings (SSSR count). The number of hydrogen-bond donors (Lipinski definition) is 0. The summed E-state index contributed by atoms with van der Waals surface area (Å²) >= 11 is 0. The third kappa shape index (κ3) is 5.18. The second-order valence-electron chi connectivity index (χ2n) is 20.2. The van der Waals surface area contributed by atoms with Gasteiger partial charge in [0.25, 0.3) is 0 Å². The van der Waals surface area contributed by atoms with Gasteiger partial charge < -0.3 is 0 Å². The SMILES string of the molecule is N#Cc1ccc2c(c1)-c1cc(C#N)cc3c1B2c1cc2c(-c4ccccc4-c4ccccc4)cc4c5c(cc6c(-c7ccccc7-c7ccccc7)cc-3c1c6c25)B1c2ccc(C#N)cc2-c2cc(C#N)cc-4c21. The number of fused-ring (bicyclic) bond motifs is 10. The van der Waals surface area contributed by atoms with E-state index in [4.69, 9.17) is 0 Å². The Morgan fingerprint density at radius 3 is 0.986 bits per heavy atom. The Bertz CT molecular complexity index is 4470. The first-order valence-corrected chi connectivity index (χ1v) is 24.9. The van der Waals surface area contributed by atoms with E-state index in [0.29, 0.717) is 22.3 Å². The summed E-state index contributed by atoms with van der Waals surface area (Å²) in [7, 11) is 0. The van der Waals surface area contributed by atoms with Crippen molar-refractivity contribution in [3.8, 4) is 113 Å². The van der Waals surface area contributed by atoms with Crippen LogP contribution in [0.15, 0.2) is 194 Å². The fraction of sp³-hybridized carbons (Fsp3) is 0. The minimum atomic E-state index is -0.168. The molecule has 0 atom stereocenters. The van der Waals surface area contributed by atoms with Gasteiger partial charge in [0.05, 0.1) is 46.5 Å². The molecule has 0 unspecified atom stereocenters. The van der Waals surface area contributed by atoms with Crippen molar-refractivity contribution in [3.05, 3.63) is 216 Å². The number of hydrogen-bond acceptors (Lipinski definition) is 4. The maximum absolute atomic E-state index is 10.8. The van der Waals surface area contributed by atoms with Crippen molar-refractivity contribution in [2.24, 2.45) is 0 Å². The molecule has 74 heavy (non-hydrogen) atoms. The van der Waals surface area contributed by atoms with E-state index in [1.54, 1.807) is 0 Å². The molecule has 0 aromatic heterocycles. The summed E-state index contributed by atoms with van der Waals surface area (Å²) in [4.78, 5) is 0. The summed E-state index contributed by atoms with van der Waals surface area (Å²) < 4.78 is 0. The van der Waals surface area contributed by atoms with E-state index < -0.39 is 0 Å². The van der Waals surface area contributed by atoms with E-state index in [9.17, 15) is 21.0 Å². The van der Waals surface area contributed by atoms with Crippen LogP contribution in [-0.4, -0.2) is 13.4 Å². The van der Waals surface area contributed by atoms with Gasteiger partial charge in [-0.3, -0.25) is 0 Å². The van der Waals surface area contributed by atoms with Crippen molar-refractivity contribution in [2.75, 3.05) is 0 Å². The molecule has 12 aromatic rings. The Morgan fingerprint density at radius 1 is 0.243 bits per heavy atom. The summed E-state index contributed by atoms with van der Waals surface area (Å²) in [5, 5.41) is 49.1. The molecule has 4 aliphatic heterocycles. The monoisotopic (exact) mass is 926 g/mol. The highest BCUT2D eigenvalue weighted by Crippen LogP contribution is 2.52. The van der Waals surface area contributed by atoms with Gasteiger partial charge in [-0.2, -0.15) is 21.0 Å². The lowest BCUT2D eigenvalue weighted by Gasteiger charge is -2.33. The zero-order valence-corrected chi connectivity index (χ0v) is 39.4. The molecule has 0 saturated carbocycles. The zero-order chi connectivity index (χ0) is 49.1. The van der Waals surface area contributed by atoms with Gasteiger partial charge in [0.15, 0.2) is 0 Å². The summed E-state index contributed by atoms with van der Waals surface area (Å²) in [6, 6.07) is 78.8. The van der Waals surface area contributed by atoms with Gasteiger partial charge in [0.2, 0.25) is 13.4 Å². The Kier molecular flexibility index (Phi) is 8.03. The van der Waals surface area contributed by atoms with Gasteiger partial charge in [-0.1, -0.05) is 166 Å². The van der Waals surface area contributed by atoms with Crippen molar-refractivity contribution in [1.29, 1.82) is 21.0 Å². The van der Waals surface area contributed by atoms with Gasteiger partial charge in [-0.25, -0.2) is 0 Å². The van der Waals surface area contributed by atoms with E-state index in [0.717, 1.165) is 121 Å². The fourth-order valence-electron chi connectivity index (χ4n) is 13.9. The molecule has 4 nitrogen and oxygen atoms in total. The van der Waals surface area contributed by atoms with E-state index in [-0.39, 0.29) is 13.4 Å². The Hall–Kier alpha value is -10.2. The summed E-state index contributed by atoms with van der Waals surface area (Å²) in [5.41, 5.74) is 26.4. The van der Waals surface area contributed by atoms with Gasteiger partial charge in [-0.15, -0.1) is 0 Å². The van der Waals surface area contributed by atoms with E-state index in [1.165, 1.54) is 32.6 Å². The van der Waals surface area contributed by atoms with E-state index in [1.807, 2.05) is 36.4 Å². The quantitative estimate of drug-likeness (QED) is 0.130. The Morgan fingerprint density at radius 2 is 0.595 bits per heavy atom. The predicted molar refractivity (Wildman–Crippen MR) is 302 cm³/mol. The first-order valence-electron chi connectivity index (χ1n) is 24.9. The lowest BCUT2D eigenvalue weighted by Crippen LogP contribution is -2.53. The molecule has 0 fully saturated rings. The standard InChI is InChI=1S/C68H32B2N4/c71-33-37-19-21-59-50(24-37)56-26-40(36-74)28-58-52-30-48(46-18-10-8-16-44(46)42-13-5-2-6-14-42)54-32-62-63-51(57-27-39(35-73)25-55-49-23-38(34-72)20-22-60(49)70(62)67(55)57)29-47(45-17-9-7-15-43(45)41-11-3-1-4-12-41)53-31-61(69(59)68(56)58)64(52)66(54)65(53)63/h1-32H. The van der Waals surface area contributed by atoms with Crippen LogP contribution < -0.4 is 32.8 Å². The highest BCUT2D eigenvalue weighted by Gasteiger charge is 2.45. The highest BCUT2D eigenvalue weighted by atomic mass is 14.4. The largest absolute Gasteiger partial charge is 0.244 e. The first kappa shape index (κ1) is 40.5. The van der Waals surface area contributed by atoms with Crippen molar-refractivity contribution >= 4 is 78.5 Å². The molecule has 330 valence electrons. The van der Waals surface area contributed by atoms with Crippen molar-refractivity contribution in [2.45, 2.75) is 0 Å². The lowest BCUT2D eigenvalue weighted by atomic mass is 9.34. The van der Waals surface area contributed by atoms with E-state index in [2.05, 4.69) is 182 Å². The van der Waals surface area contributed by atoms with Crippen LogP contribution in [-0.2, 0) is 0 Å². The summed E-state index contributed by atoms with van der Waals surface area (Å²) in [6.07, 6.45) is 0. The second-order valence-corrected chi connectivity index (χ2v) is 20.2. The minimum Gasteiger partial charge on any atom is -0.192 e. The third-order valence-corrected chi connectivity index (χ3v) is 16.7. The van der Waals surface area contributed by atoms with Crippen molar-refractivity contribution in [1.82, 2.24) is 0 Å². The van der Waals surface area contributed by atoms with Crippen LogP contribution in [0.25, 0.3) is 121 Å². The summed E-state index contributed by atoms with van der Waals surface area (Å²) in [5.74, 6) is 0. The van der Waals surface area contributed by atoms with Gasteiger partial charge in [0.1, 0.15) is 0 Å². The van der Waals surface area contributed by atoms with Crippen molar-refractivity contribution in [3.63, 3.8) is 0 Å². The molecule has 0 N–H and O–H groups in total. The molecule has 6 heteroatoms. The topological polar surface area (TPSA) is 95.2 Å². The number of rotatable bonds is 4. The average molecular weight is 927 g/mol. The van der Waals surface area contributed by atoms with Crippen LogP contribution in [0.1, 0.15) is 22.3 Å². The molecule has 0 aliphatic carbocycles. The van der Waals surface area contributed by atoms with Crippen LogP contribution in [0.2, 0.25) is 0 Å². The lowest BCUT2D eigenvalue weighted by molar-refractivity contribution is 1.48. The minimum absolute atomic E-state index is 0.168. The summed E-state index contributed by atoms with van der Waals surface area (Å²) in [6.45, 7) is -0.336. The van der Waals surface area contributed by atoms with Crippen molar-refractivity contribution < 1.29 is 0 Å². The predicted octanol–water partition coefficient (Wildman–Crippen LogP) is 11.7. The number of nitriles is 4. The normalized spacial score (nSPS) is 12.5. The molecular weight excluding hydrogens is 894 g/mol. The smallest absolute Gasteiger partial charge is 0.192 e. The number of nitrogens with zero attached hydrogens (tertiary/aromatic N) is 4. The Labute approximate surface area is 427 Å². The zero-order valence-electron chi connectivity index (χ0n) is 39.4. The maximum atomic E-state index is 10.8. The van der Waals surface area contributed by atoms with Gasteiger partial charge in [0, 0.05) is 0 Å². The molecule has 4 heterocycles. The second kappa shape index (κ2) is 14.7. The van der Waals surface area contributed by atoms with Crippen LogP contribution in [0, 0.1) is 45.3 Å². The average Bonchev–Trinajstić information content (AvgIpc) is 3.98. The molecule has 0 radical (unpaired) electrons. The Balaban J connectivity index is 1.16. The van der Waals surface area contributed by atoms with Crippen LogP contribution >= 0.6 is 0 Å². The number of benzene rings is 12. The van der Waals surface area contributed by atoms with E-state index >= 15 is 0 Å². The molecule has 4 aliphatic rings. The molecule has 12 aromatic carbocycles. The molecule has 0 spiro atoms. The fourth-order valence-corrected chi connectivity index (χ4v) is 13.9. The molecule has 0 amide bonds. The van der Waals surface area contributed by atoms with Gasteiger partial charge in [-0.05, 0) is 182 Å². The third-order valence-electron chi connectivity index (χ3n) is 16.7. The van der Waals surface area contributed by atoms with Crippen LogP contribution in [0.3, 0.4) is 0 Å². The van der Waals surface area contributed by atoms with Gasteiger partial charge >= 0.3 is 0 Å². The highest BCUT2D eigenvalue weighted by molar-refractivity contribution is 7.03. The molecular formula is C68H32B2N4. The maximum Gasteiger partial charge on any atom is 0.244 e. The first-order chi connectivity index (χ1) is 36.5. The van der Waals surface area contributed by atoms with Crippen LogP contribution in [0.5, 0.6) is 0 Å². The van der Waals surface area contributed by atoms with Crippen LogP contribution in [0.4, 0.5) is 0 Å².